The molecule has 6 heteroatoms. The number of carbonyl (C=O) groups is 2. The normalized spacial score (nSPS) is 12.0. The molecule has 0 aliphatic heterocycles. The van der Waals surface area contributed by atoms with Gasteiger partial charge in [0.1, 0.15) is 17.3 Å². The van der Waals surface area contributed by atoms with Crippen molar-refractivity contribution in [3.05, 3.63) is 28.2 Å². The molecule has 1 aromatic rings. The number of halogens is 1. The first-order chi connectivity index (χ1) is 9.43. The number of Topliss-reactive ketones (excluding diaryl/α,β-unsaturated/α-hetero) is 2. The van der Waals surface area contributed by atoms with E-state index in [0.717, 1.165) is 4.47 Å². The average molecular weight is 345 g/mol. The van der Waals surface area contributed by atoms with Crippen molar-refractivity contribution < 1.29 is 24.2 Å². The van der Waals surface area contributed by atoms with Crippen LogP contribution in [0.3, 0.4) is 0 Å². The maximum atomic E-state index is 11.5. The van der Waals surface area contributed by atoms with Crippen LogP contribution in [0.4, 0.5) is 0 Å². The second-order valence-electron chi connectivity index (χ2n) is 4.38. The zero-order valence-corrected chi connectivity index (χ0v) is 13.0. The van der Waals surface area contributed by atoms with Crippen LogP contribution >= 0.6 is 15.9 Å². The van der Waals surface area contributed by atoms with Gasteiger partial charge in [-0.1, -0.05) is 6.07 Å². The zero-order chi connectivity index (χ0) is 15.1. The molecule has 110 valence electrons. The Bertz CT molecular complexity index is 486. The lowest BCUT2D eigenvalue weighted by Crippen LogP contribution is -2.10. The molecule has 1 rings (SSSR count). The van der Waals surface area contributed by atoms with Crippen molar-refractivity contribution in [2.75, 3.05) is 13.9 Å². The van der Waals surface area contributed by atoms with Crippen LogP contribution in [0.5, 0.6) is 5.75 Å². The van der Waals surface area contributed by atoms with Gasteiger partial charge in [0, 0.05) is 13.5 Å². The maximum Gasteiger partial charge on any atom is 0.188 e. The Balaban J connectivity index is 2.74. The van der Waals surface area contributed by atoms with E-state index in [4.69, 9.17) is 9.47 Å². The van der Waals surface area contributed by atoms with Gasteiger partial charge in [-0.3, -0.25) is 9.59 Å². The molecule has 0 aliphatic carbocycles. The van der Waals surface area contributed by atoms with Crippen LogP contribution in [0.1, 0.15) is 31.4 Å². The van der Waals surface area contributed by atoms with Crippen LogP contribution in [0.25, 0.3) is 0 Å². The highest BCUT2D eigenvalue weighted by Gasteiger charge is 2.16. The zero-order valence-electron chi connectivity index (χ0n) is 11.4. The first-order valence-electron chi connectivity index (χ1n) is 6.04. The van der Waals surface area contributed by atoms with Gasteiger partial charge in [0.05, 0.1) is 17.0 Å². The molecule has 1 aromatic carbocycles. The van der Waals surface area contributed by atoms with E-state index in [1.807, 2.05) is 0 Å². The lowest BCUT2D eigenvalue weighted by atomic mass is 10.0. The fourth-order valence-corrected chi connectivity index (χ4v) is 2.00. The summed E-state index contributed by atoms with van der Waals surface area (Å²) >= 11 is 3.32. The molecular weight excluding hydrogens is 328 g/mol. The number of methoxy groups -OCH3 is 1. The molecule has 1 unspecified atom stereocenters. The maximum absolute atomic E-state index is 11.5. The smallest absolute Gasteiger partial charge is 0.188 e. The third-order valence-corrected chi connectivity index (χ3v) is 3.19. The Morgan fingerprint density at radius 3 is 2.70 bits per heavy atom. The minimum Gasteiger partial charge on any atom is -0.466 e. The number of hydrogen-bond acceptors (Lipinski definition) is 5. The summed E-state index contributed by atoms with van der Waals surface area (Å²) in [5, 5.41) is 10.0. The van der Waals surface area contributed by atoms with Crippen molar-refractivity contribution in [1.82, 2.24) is 0 Å². The number of ether oxygens (including phenoxy) is 2. The summed E-state index contributed by atoms with van der Waals surface area (Å²) in [6, 6.07) is 5.04. The molecule has 0 aliphatic rings. The number of carbonyl (C=O) groups excluding carboxylic acids is 2. The van der Waals surface area contributed by atoms with Gasteiger partial charge in [0.25, 0.3) is 0 Å². The van der Waals surface area contributed by atoms with Crippen LogP contribution in [-0.2, 0) is 14.3 Å². The van der Waals surface area contributed by atoms with E-state index in [-0.39, 0.29) is 31.2 Å². The quantitative estimate of drug-likeness (QED) is 0.579. The summed E-state index contributed by atoms with van der Waals surface area (Å²) in [6.45, 7) is 1.43. The Morgan fingerprint density at radius 1 is 1.40 bits per heavy atom. The van der Waals surface area contributed by atoms with Crippen molar-refractivity contribution in [3.8, 4) is 5.75 Å². The summed E-state index contributed by atoms with van der Waals surface area (Å²) < 4.78 is 10.9. The molecule has 0 bridgehead atoms. The second-order valence-corrected chi connectivity index (χ2v) is 5.23. The fraction of sp³-hybridized carbons (Fsp3) is 0.429. The molecule has 0 radical (unpaired) electrons. The molecule has 20 heavy (non-hydrogen) atoms. The molecule has 0 saturated heterocycles. The van der Waals surface area contributed by atoms with Crippen molar-refractivity contribution >= 4 is 27.5 Å². The molecule has 1 atom stereocenters. The highest BCUT2D eigenvalue weighted by Crippen LogP contribution is 2.29. The van der Waals surface area contributed by atoms with E-state index in [9.17, 15) is 14.7 Å². The van der Waals surface area contributed by atoms with E-state index in [2.05, 4.69) is 15.9 Å². The lowest BCUT2D eigenvalue weighted by molar-refractivity contribution is -0.127. The topological polar surface area (TPSA) is 72.8 Å². The lowest BCUT2D eigenvalue weighted by Gasteiger charge is -2.13. The summed E-state index contributed by atoms with van der Waals surface area (Å²) in [6.07, 6.45) is -1.20. The minimum absolute atomic E-state index is 0.0847. The molecule has 0 heterocycles. The first-order valence-corrected chi connectivity index (χ1v) is 6.83. The van der Waals surface area contributed by atoms with Crippen LogP contribution in [0, 0.1) is 0 Å². The van der Waals surface area contributed by atoms with E-state index in [1.165, 1.54) is 14.0 Å². The monoisotopic (exact) mass is 344 g/mol. The number of benzene rings is 1. The Labute approximate surface area is 126 Å². The Kier molecular flexibility index (Phi) is 6.84. The van der Waals surface area contributed by atoms with E-state index >= 15 is 0 Å². The number of hydrogen-bond donors (Lipinski definition) is 1. The molecule has 0 fully saturated rings. The molecular formula is C14H17BrO5. The standard InChI is InChI=1S/C14H17BrO5/c1-9(16)5-11(17)7-13(18)10-3-4-12(15)14(6-10)20-8-19-2/h3-4,6,13,18H,5,7-8H2,1-2H3. The number of ketones is 2. The van der Waals surface area contributed by atoms with Crippen molar-refractivity contribution in [3.63, 3.8) is 0 Å². The number of rotatable bonds is 8. The molecule has 0 aromatic heterocycles. The van der Waals surface area contributed by atoms with Crippen molar-refractivity contribution in [1.29, 1.82) is 0 Å². The second kappa shape index (κ2) is 8.14. The van der Waals surface area contributed by atoms with E-state index < -0.39 is 6.10 Å². The Hall–Kier alpha value is -1.24. The van der Waals surface area contributed by atoms with Crippen LogP contribution in [-0.4, -0.2) is 30.6 Å². The molecule has 1 N–H and O–H groups in total. The molecule has 0 saturated carbocycles. The van der Waals surface area contributed by atoms with E-state index in [0.29, 0.717) is 11.3 Å². The summed E-state index contributed by atoms with van der Waals surface area (Å²) in [4.78, 5) is 22.4. The third kappa shape index (κ3) is 5.40. The third-order valence-electron chi connectivity index (χ3n) is 2.54. The van der Waals surface area contributed by atoms with Gasteiger partial charge in [0.2, 0.25) is 0 Å². The molecule has 5 nitrogen and oxygen atoms in total. The Morgan fingerprint density at radius 2 is 2.10 bits per heavy atom. The largest absolute Gasteiger partial charge is 0.466 e. The molecule has 0 amide bonds. The SMILES string of the molecule is COCOc1cc(C(O)CC(=O)CC(C)=O)ccc1Br. The highest BCUT2D eigenvalue weighted by atomic mass is 79.9. The van der Waals surface area contributed by atoms with Gasteiger partial charge < -0.3 is 14.6 Å². The molecule has 0 spiro atoms. The predicted molar refractivity (Wildman–Crippen MR) is 76.5 cm³/mol. The van der Waals surface area contributed by atoms with Gasteiger partial charge in [-0.15, -0.1) is 0 Å². The van der Waals surface area contributed by atoms with Gasteiger partial charge in [-0.2, -0.15) is 0 Å². The number of aliphatic hydroxyl groups is 1. The van der Waals surface area contributed by atoms with Crippen LogP contribution in [0.2, 0.25) is 0 Å². The van der Waals surface area contributed by atoms with Crippen molar-refractivity contribution in [2.24, 2.45) is 0 Å². The van der Waals surface area contributed by atoms with Gasteiger partial charge in [-0.05, 0) is 40.5 Å². The predicted octanol–water partition coefficient (Wildman–Crippen LogP) is 2.40. The summed E-state index contributed by atoms with van der Waals surface area (Å²) in [7, 11) is 1.51. The summed E-state index contributed by atoms with van der Waals surface area (Å²) in [5.41, 5.74) is 0.552. The van der Waals surface area contributed by atoms with Gasteiger partial charge >= 0.3 is 0 Å². The minimum atomic E-state index is -0.958. The van der Waals surface area contributed by atoms with Crippen molar-refractivity contribution in [2.45, 2.75) is 25.9 Å². The highest BCUT2D eigenvalue weighted by molar-refractivity contribution is 9.10. The summed E-state index contributed by atoms with van der Waals surface area (Å²) in [5.74, 6) is 0.0248. The van der Waals surface area contributed by atoms with Gasteiger partial charge in [0.15, 0.2) is 6.79 Å². The van der Waals surface area contributed by atoms with Gasteiger partial charge in [-0.25, -0.2) is 0 Å². The number of aliphatic hydroxyl groups excluding tert-OH is 1. The average Bonchev–Trinajstić information content (AvgIpc) is 2.36. The fourth-order valence-electron chi connectivity index (χ4n) is 1.64. The van der Waals surface area contributed by atoms with Crippen LogP contribution in [0.15, 0.2) is 22.7 Å². The van der Waals surface area contributed by atoms with E-state index in [1.54, 1.807) is 18.2 Å². The first kappa shape index (κ1) is 16.8. The van der Waals surface area contributed by atoms with Crippen LogP contribution < -0.4 is 4.74 Å².